The third-order valence-electron chi connectivity index (χ3n) is 4.18. The van der Waals surface area contributed by atoms with Gasteiger partial charge in [0.1, 0.15) is 11.8 Å². The molecule has 2 aromatic heterocycles. The molecule has 0 atom stereocenters. The van der Waals surface area contributed by atoms with E-state index < -0.39 is 0 Å². The fourth-order valence-electron chi connectivity index (χ4n) is 2.74. The van der Waals surface area contributed by atoms with Gasteiger partial charge in [-0.15, -0.1) is 0 Å². The molecule has 25 heavy (non-hydrogen) atoms. The number of likely N-dealkylation sites (tertiary alicyclic amines) is 1. The zero-order valence-corrected chi connectivity index (χ0v) is 13.6. The smallest absolute Gasteiger partial charge is 0.274 e. The summed E-state index contributed by atoms with van der Waals surface area (Å²) in [5.74, 6) is 0.345. The maximum Gasteiger partial charge on any atom is 0.274 e. The zero-order chi connectivity index (χ0) is 17.4. The summed E-state index contributed by atoms with van der Waals surface area (Å²) < 4.78 is 6.99. The van der Waals surface area contributed by atoms with E-state index in [1.54, 1.807) is 4.90 Å². The fraction of sp³-hybridized carbons (Fsp3) is 0.222. The molecule has 0 N–H and O–H groups in total. The highest BCUT2D eigenvalue weighted by molar-refractivity contribution is 5.92. The molecule has 1 fully saturated rings. The topological polar surface area (TPSA) is 77.3 Å². The van der Waals surface area contributed by atoms with Gasteiger partial charge >= 0.3 is 0 Å². The Hall–Kier alpha value is -3.22. The van der Waals surface area contributed by atoms with Crippen LogP contribution in [0.2, 0.25) is 0 Å². The van der Waals surface area contributed by atoms with Crippen molar-refractivity contribution in [3.05, 3.63) is 64.6 Å². The number of carbonyl (C=O) groups is 1. The molecular formula is C18H16N4O3. The van der Waals surface area contributed by atoms with Gasteiger partial charge in [0, 0.05) is 24.6 Å². The molecule has 0 aliphatic carbocycles. The first-order valence-corrected chi connectivity index (χ1v) is 7.96. The van der Waals surface area contributed by atoms with Crippen LogP contribution in [0, 0.1) is 0 Å². The van der Waals surface area contributed by atoms with Crippen LogP contribution in [-0.4, -0.2) is 44.8 Å². The molecule has 1 saturated heterocycles. The number of aromatic nitrogens is 3. The lowest BCUT2D eigenvalue weighted by Gasteiger charge is -2.38. The molecule has 1 aliphatic heterocycles. The van der Waals surface area contributed by atoms with Crippen molar-refractivity contribution in [1.29, 1.82) is 0 Å². The summed E-state index contributed by atoms with van der Waals surface area (Å²) in [7, 11) is 1.52. The van der Waals surface area contributed by atoms with Crippen LogP contribution in [0.3, 0.4) is 0 Å². The monoisotopic (exact) mass is 336 g/mol. The van der Waals surface area contributed by atoms with Gasteiger partial charge in [-0.2, -0.15) is 5.10 Å². The Balaban J connectivity index is 1.40. The predicted molar refractivity (Wildman–Crippen MR) is 91.5 cm³/mol. The molecule has 0 radical (unpaired) electrons. The highest BCUT2D eigenvalue weighted by Gasteiger charge is 2.33. The van der Waals surface area contributed by atoms with Gasteiger partial charge in [0.05, 0.1) is 18.6 Å². The number of fused-ring (bicyclic) bond motifs is 1. The molecule has 3 aromatic rings. The number of ether oxygens (including phenoxy) is 1. The minimum Gasteiger partial charge on any atom is -0.471 e. The molecule has 7 nitrogen and oxygen atoms in total. The number of rotatable bonds is 3. The summed E-state index contributed by atoms with van der Waals surface area (Å²) in [5, 5.41) is 5.04. The molecule has 0 spiro atoms. The lowest BCUT2D eigenvalue weighted by molar-refractivity contribution is 0.0155. The molecule has 7 heteroatoms. The van der Waals surface area contributed by atoms with Crippen molar-refractivity contribution in [2.45, 2.75) is 6.10 Å². The second kappa shape index (κ2) is 6.01. The average molecular weight is 336 g/mol. The molecule has 3 heterocycles. The largest absolute Gasteiger partial charge is 0.471 e. The number of amides is 1. The van der Waals surface area contributed by atoms with E-state index in [0.717, 1.165) is 15.6 Å². The van der Waals surface area contributed by atoms with Crippen LogP contribution in [0.15, 0.2) is 53.3 Å². The summed E-state index contributed by atoms with van der Waals surface area (Å²) in [6, 6.07) is 14.4. The number of aryl methyl sites for hydroxylation is 1. The highest BCUT2D eigenvalue weighted by Crippen LogP contribution is 2.20. The van der Waals surface area contributed by atoms with E-state index in [1.165, 1.54) is 19.2 Å². The number of hydrogen-bond acceptors (Lipinski definition) is 5. The lowest BCUT2D eigenvalue weighted by atomic mass is 10.1. The minimum atomic E-state index is -0.247. The van der Waals surface area contributed by atoms with Crippen LogP contribution in [0.1, 0.15) is 10.5 Å². The maximum absolute atomic E-state index is 12.3. The van der Waals surface area contributed by atoms with E-state index in [1.807, 2.05) is 36.4 Å². The lowest BCUT2D eigenvalue weighted by Crippen LogP contribution is -2.56. The van der Waals surface area contributed by atoms with Crippen molar-refractivity contribution >= 4 is 16.8 Å². The van der Waals surface area contributed by atoms with E-state index in [0.29, 0.717) is 19.0 Å². The number of carbonyl (C=O) groups excluding carboxylic acids is 1. The number of nitrogens with zero attached hydrogens (tertiary/aromatic N) is 4. The van der Waals surface area contributed by atoms with Gasteiger partial charge in [-0.1, -0.05) is 18.2 Å². The van der Waals surface area contributed by atoms with Gasteiger partial charge in [0.2, 0.25) is 5.88 Å². The normalized spacial score (nSPS) is 14.4. The minimum absolute atomic E-state index is 0.0925. The zero-order valence-electron chi connectivity index (χ0n) is 13.6. The van der Waals surface area contributed by atoms with E-state index in [2.05, 4.69) is 10.1 Å². The summed E-state index contributed by atoms with van der Waals surface area (Å²) in [5.41, 5.74) is 0.884. The molecule has 0 saturated carbocycles. The molecule has 0 bridgehead atoms. The quantitative estimate of drug-likeness (QED) is 0.719. The summed E-state index contributed by atoms with van der Waals surface area (Å²) >= 11 is 0. The van der Waals surface area contributed by atoms with Crippen LogP contribution >= 0.6 is 0 Å². The van der Waals surface area contributed by atoms with E-state index in [4.69, 9.17) is 4.74 Å². The van der Waals surface area contributed by atoms with Gasteiger partial charge in [0.25, 0.3) is 11.5 Å². The van der Waals surface area contributed by atoms with Crippen LogP contribution in [-0.2, 0) is 7.05 Å². The summed E-state index contributed by atoms with van der Waals surface area (Å²) in [4.78, 5) is 29.8. The fourth-order valence-corrected chi connectivity index (χ4v) is 2.74. The highest BCUT2D eigenvalue weighted by atomic mass is 16.5. The van der Waals surface area contributed by atoms with Crippen molar-refractivity contribution in [1.82, 2.24) is 19.7 Å². The average Bonchev–Trinajstić information content (AvgIpc) is 2.59. The van der Waals surface area contributed by atoms with Crippen LogP contribution < -0.4 is 10.3 Å². The van der Waals surface area contributed by atoms with Gasteiger partial charge < -0.3 is 9.64 Å². The number of pyridine rings is 1. The summed E-state index contributed by atoms with van der Waals surface area (Å²) in [6.45, 7) is 0.940. The van der Waals surface area contributed by atoms with E-state index in [9.17, 15) is 9.59 Å². The SMILES string of the molecule is Cn1nc(C(=O)N2CC(Oc3ccc4ccccc4n3)C2)ccc1=O. The van der Waals surface area contributed by atoms with E-state index >= 15 is 0 Å². The Morgan fingerprint density at radius 2 is 1.92 bits per heavy atom. The molecule has 1 aromatic carbocycles. The van der Waals surface area contributed by atoms with Crippen molar-refractivity contribution in [2.24, 2.45) is 7.05 Å². The van der Waals surface area contributed by atoms with Gasteiger partial charge in [-0.25, -0.2) is 9.67 Å². The van der Waals surface area contributed by atoms with Gasteiger partial charge in [-0.3, -0.25) is 9.59 Å². The predicted octanol–water partition coefficient (Wildman–Crippen LogP) is 1.23. The van der Waals surface area contributed by atoms with Crippen LogP contribution in [0.4, 0.5) is 0 Å². The maximum atomic E-state index is 12.3. The third-order valence-corrected chi connectivity index (χ3v) is 4.18. The first kappa shape index (κ1) is 15.3. The Kier molecular flexibility index (Phi) is 3.68. The molecule has 4 rings (SSSR count). The first-order chi connectivity index (χ1) is 12.1. The Labute approximate surface area is 143 Å². The summed E-state index contributed by atoms with van der Waals surface area (Å²) in [6.07, 6.45) is -0.0925. The van der Waals surface area contributed by atoms with Crippen molar-refractivity contribution in [3.8, 4) is 5.88 Å². The number of hydrogen-bond donors (Lipinski definition) is 0. The molecule has 0 unspecified atom stereocenters. The Bertz CT molecular complexity index is 1010. The number of para-hydroxylation sites is 1. The van der Waals surface area contributed by atoms with Crippen molar-refractivity contribution in [2.75, 3.05) is 13.1 Å². The van der Waals surface area contributed by atoms with Crippen molar-refractivity contribution < 1.29 is 9.53 Å². The van der Waals surface area contributed by atoms with E-state index in [-0.39, 0.29) is 23.3 Å². The Morgan fingerprint density at radius 1 is 1.12 bits per heavy atom. The second-order valence-corrected chi connectivity index (χ2v) is 5.97. The van der Waals surface area contributed by atoms with Gasteiger partial charge in [-0.05, 0) is 18.2 Å². The van der Waals surface area contributed by atoms with Crippen molar-refractivity contribution in [3.63, 3.8) is 0 Å². The molecule has 126 valence electrons. The molecular weight excluding hydrogens is 320 g/mol. The molecule has 1 amide bonds. The van der Waals surface area contributed by atoms with Crippen LogP contribution in [0.25, 0.3) is 10.9 Å². The van der Waals surface area contributed by atoms with Crippen LogP contribution in [0.5, 0.6) is 5.88 Å². The standard InChI is InChI=1S/C18H16N4O3/c1-21-17(23)9-7-15(20-21)18(24)22-10-13(11-22)25-16-8-6-12-4-2-3-5-14(12)19-16/h2-9,13H,10-11H2,1H3. The molecule has 1 aliphatic rings. The van der Waals surface area contributed by atoms with Gasteiger partial charge in [0.15, 0.2) is 0 Å². The second-order valence-electron chi connectivity index (χ2n) is 5.97. The Morgan fingerprint density at radius 3 is 2.72 bits per heavy atom. The third kappa shape index (κ3) is 2.96. The number of benzene rings is 1. The first-order valence-electron chi connectivity index (χ1n) is 7.96.